The quantitative estimate of drug-likeness (QED) is 0.815. The molecule has 2 unspecified atom stereocenters. The number of rotatable bonds is 5. The minimum atomic E-state index is -0.228. The van der Waals surface area contributed by atoms with Crippen LogP contribution in [0.5, 0.6) is 0 Å². The topological polar surface area (TPSA) is 75.3 Å². The summed E-state index contributed by atoms with van der Waals surface area (Å²) in [5.74, 6) is -0.242. The molecule has 2 fully saturated rings. The number of carbonyl (C=O) groups is 3. The van der Waals surface area contributed by atoms with E-state index >= 15 is 0 Å². The van der Waals surface area contributed by atoms with Gasteiger partial charge in [0.1, 0.15) is 0 Å². The molecule has 5 nitrogen and oxygen atoms in total. The van der Waals surface area contributed by atoms with Crippen LogP contribution in [0.4, 0.5) is 0 Å². The Bertz CT molecular complexity index is 652. The van der Waals surface area contributed by atoms with Crippen molar-refractivity contribution >= 4 is 17.6 Å². The SMILES string of the molecule is CC(=O)c1ccccc1C(=O)NC1CCCC(C(=O)NC2CC2)C1. The molecule has 2 atom stereocenters. The third-order valence-electron chi connectivity index (χ3n) is 4.85. The van der Waals surface area contributed by atoms with Crippen molar-refractivity contribution < 1.29 is 14.4 Å². The van der Waals surface area contributed by atoms with Crippen molar-refractivity contribution in [1.82, 2.24) is 10.6 Å². The molecule has 24 heavy (non-hydrogen) atoms. The van der Waals surface area contributed by atoms with E-state index in [0.29, 0.717) is 23.6 Å². The van der Waals surface area contributed by atoms with E-state index in [4.69, 9.17) is 0 Å². The fourth-order valence-electron chi connectivity index (χ4n) is 3.36. The molecule has 0 spiro atoms. The highest BCUT2D eigenvalue weighted by Gasteiger charge is 2.32. The zero-order valence-corrected chi connectivity index (χ0v) is 14.0. The first-order valence-electron chi connectivity index (χ1n) is 8.76. The largest absolute Gasteiger partial charge is 0.353 e. The summed E-state index contributed by atoms with van der Waals surface area (Å²) >= 11 is 0. The Labute approximate surface area is 142 Å². The van der Waals surface area contributed by atoms with Crippen LogP contribution in [0.2, 0.25) is 0 Å². The maximum atomic E-state index is 12.5. The fraction of sp³-hybridized carbons (Fsp3) is 0.526. The summed E-state index contributed by atoms with van der Waals surface area (Å²) in [5, 5.41) is 6.07. The highest BCUT2D eigenvalue weighted by Crippen LogP contribution is 2.27. The Morgan fingerprint density at radius 2 is 1.62 bits per heavy atom. The molecular weight excluding hydrogens is 304 g/mol. The van der Waals surface area contributed by atoms with E-state index in [0.717, 1.165) is 32.1 Å². The van der Waals surface area contributed by atoms with Gasteiger partial charge in [-0.25, -0.2) is 0 Å². The maximum absolute atomic E-state index is 12.5. The highest BCUT2D eigenvalue weighted by atomic mass is 16.2. The van der Waals surface area contributed by atoms with Crippen LogP contribution in [0.3, 0.4) is 0 Å². The molecule has 2 amide bonds. The van der Waals surface area contributed by atoms with Gasteiger partial charge in [-0.1, -0.05) is 24.6 Å². The molecule has 128 valence electrons. The molecule has 0 bridgehead atoms. The first-order valence-corrected chi connectivity index (χ1v) is 8.76. The van der Waals surface area contributed by atoms with E-state index in [1.165, 1.54) is 6.92 Å². The third kappa shape index (κ3) is 4.02. The highest BCUT2D eigenvalue weighted by molar-refractivity contribution is 6.07. The molecular formula is C19H24N2O3. The van der Waals surface area contributed by atoms with Crippen LogP contribution in [-0.4, -0.2) is 29.7 Å². The summed E-state index contributed by atoms with van der Waals surface area (Å²) < 4.78 is 0. The third-order valence-corrected chi connectivity index (χ3v) is 4.85. The second-order valence-electron chi connectivity index (χ2n) is 6.92. The number of benzene rings is 1. The molecule has 2 saturated carbocycles. The first-order chi connectivity index (χ1) is 11.5. The summed E-state index contributed by atoms with van der Waals surface area (Å²) in [4.78, 5) is 36.4. The predicted molar refractivity (Wildman–Crippen MR) is 90.8 cm³/mol. The van der Waals surface area contributed by atoms with E-state index < -0.39 is 0 Å². The van der Waals surface area contributed by atoms with Crippen molar-refractivity contribution in [2.24, 2.45) is 5.92 Å². The molecule has 3 rings (SSSR count). The van der Waals surface area contributed by atoms with Crippen LogP contribution >= 0.6 is 0 Å². The van der Waals surface area contributed by atoms with Gasteiger partial charge in [0, 0.05) is 23.6 Å². The van der Waals surface area contributed by atoms with Gasteiger partial charge in [-0.05, 0) is 45.1 Å². The summed E-state index contributed by atoms with van der Waals surface area (Å²) in [6.07, 6.45) is 5.53. The number of hydrogen-bond acceptors (Lipinski definition) is 3. The van der Waals surface area contributed by atoms with Gasteiger partial charge in [0.15, 0.2) is 5.78 Å². The number of nitrogens with one attached hydrogen (secondary N) is 2. The zero-order valence-electron chi connectivity index (χ0n) is 14.0. The normalized spacial score (nSPS) is 23.4. The van der Waals surface area contributed by atoms with Crippen LogP contribution in [-0.2, 0) is 4.79 Å². The van der Waals surface area contributed by atoms with Crippen LogP contribution < -0.4 is 10.6 Å². The van der Waals surface area contributed by atoms with Gasteiger partial charge in [-0.2, -0.15) is 0 Å². The Balaban J connectivity index is 1.61. The lowest BCUT2D eigenvalue weighted by molar-refractivity contribution is -0.126. The summed E-state index contributed by atoms with van der Waals surface area (Å²) in [7, 11) is 0. The lowest BCUT2D eigenvalue weighted by Crippen LogP contribution is -2.43. The Kier molecular flexibility index (Phi) is 4.97. The lowest BCUT2D eigenvalue weighted by atomic mass is 9.85. The van der Waals surface area contributed by atoms with E-state index in [9.17, 15) is 14.4 Å². The Morgan fingerprint density at radius 1 is 0.917 bits per heavy atom. The smallest absolute Gasteiger partial charge is 0.252 e. The number of carbonyl (C=O) groups excluding carboxylic acids is 3. The average Bonchev–Trinajstić information content (AvgIpc) is 3.39. The van der Waals surface area contributed by atoms with Crippen molar-refractivity contribution in [2.45, 2.75) is 57.5 Å². The number of Topliss-reactive ketones (excluding diaryl/α,β-unsaturated/α-hetero) is 1. The minimum Gasteiger partial charge on any atom is -0.353 e. The first kappa shape index (κ1) is 16.7. The van der Waals surface area contributed by atoms with Crippen LogP contribution in [0.15, 0.2) is 24.3 Å². The van der Waals surface area contributed by atoms with Gasteiger partial charge in [0.25, 0.3) is 5.91 Å². The van der Waals surface area contributed by atoms with Crippen molar-refractivity contribution in [3.05, 3.63) is 35.4 Å². The van der Waals surface area contributed by atoms with Crippen molar-refractivity contribution in [3.8, 4) is 0 Å². The fourth-order valence-corrected chi connectivity index (χ4v) is 3.36. The second kappa shape index (κ2) is 7.16. The van der Waals surface area contributed by atoms with Crippen molar-refractivity contribution in [3.63, 3.8) is 0 Å². The maximum Gasteiger partial charge on any atom is 0.252 e. The molecule has 2 aliphatic carbocycles. The summed E-state index contributed by atoms with van der Waals surface area (Å²) in [5.41, 5.74) is 0.850. The van der Waals surface area contributed by atoms with Gasteiger partial charge in [0.05, 0.1) is 5.56 Å². The summed E-state index contributed by atoms with van der Waals surface area (Å²) in [6.45, 7) is 1.46. The standard InChI is InChI=1S/C19H24N2O3/c1-12(22)16-7-2-3-8-17(16)19(24)21-15-6-4-5-13(11-15)18(23)20-14-9-10-14/h2-3,7-8,13-15H,4-6,9-11H2,1H3,(H,20,23)(H,21,24). The van der Waals surface area contributed by atoms with Crippen LogP contribution in [0.25, 0.3) is 0 Å². The number of hydrogen-bond donors (Lipinski definition) is 2. The number of ketones is 1. The molecule has 5 heteroatoms. The van der Waals surface area contributed by atoms with Crippen LogP contribution in [0, 0.1) is 5.92 Å². The van der Waals surface area contributed by atoms with E-state index in [1.807, 2.05) is 0 Å². The zero-order chi connectivity index (χ0) is 17.1. The molecule has 0 radical (unpaired) electrons. The van der Waals surface area contributed by atoms with Crippen molar-refractivity contribution in [1.29, 1.82) is 0 Å². The minimum absolute atomic E-state index is 0.0128. The molecule has 2 N–H and O–H groups in total. The second-order valence-corrected chi connectivity index (χ2v) is 6.92. The monoisotopic (exact) mass is 328 g/mol. The van der Waals surface area contributed by atoms with Gasteiger partial charge in [-0.15, -0.1) is 0 Å². The molecule has 2 aliphatic rings. The molecule has 0 aliphatic heterocycles. The molecule has 0 heterocycles. The van der Waals surface area contributed by atoms with E-state index in [1.54, 1.807) is 24.3 Å². The Hall–Kier alpha value is -2.17. The van der Waals surface area contributed by atoms with E-state index in [2.05, 4.69) is 10.6 Å². The number of amides is 2. The van der Waals surface area contributed by atoms with Crippen molar-refractivity contribution in [2.75, 3.05) is 0 Å². The molecule has 0 aromatic heterocycles. The van der Waals surface area contributed by atoms with E-state index in [-0.39, 0.29) is 29.6 Å². The Morgan fingerprint density at radius 3 is 2.29 bits per heavy atom. The summed E-state index contributed by atoms with van der Waals surface area (Å²) in [6, 6.07) is 7.22. The lowest BCUT2D eigenvalue weighted by Gasteiger charge is -2.29. The van der Waals surface area contributed by atoms with Gasteiger partial charge in [0.2, 0.25) is 5.91 Å². The van der Waals surface area contributed by atoms with Gasteiger partial charge in [-0.3, -0.25) is 14.4 Å². The molecule has 0 saturated heterocycles. The van der Waals surface area contributed by atoms with Crippen LogP contribution in [0.1, 0.15) is 66.2 Å². The van der Waals surface area contributed by atoms with Gasteiger partial charge >= 0.3 is 0 Å². The average molecular weight is 328 g/mol. The molecule has 1 aromatic rings. The predicted octanol–water partition coefficient (Wildman–Crippen LogP) is 2.46. The van der Waals surface area contributed by atoms with Gasteiger partial charge < -0.3 is 10.6 Å². The molecule has 1 aromatic carbocycles.